The molecule has 0 radical (unpaired) electrons. The number of nitrogens with one attached hydrogen (secondary N) is 2. The second kappa shape index (κ2) is 2.44. The van der Waals surface area contributed by atoms with Gasteiger partial charge in [-0.25, -0.2) is 0 Å². The van der Waals surface area contributed by atoms with Crippen molar-refractivity contribution in [3.05, 3.63) is 0 Å². The van der Waals surface area contributed by atoms with E-state index in [1.54, 1.807) is 0 Å². The van der Waals surface area contributed by atoms with E-state index in [0.717, 1.165) is 6.67 Å². The van der Waals surface area contributed by atoms with Crippen molar-refractivity contribution >= 4 is 0 Å². The second-order valence-corrected chi connectivity index (χ2v) is 2.16. The molecule has 48 valence electrons. The van der Waals surface area contributed by atoms with E-state index in [0.29, 0.717) is 6.04 Å². The third-order valence-corrected chi connectivity index (χ3v) is 1.59. The molecule has 1 rings (SSSR count). The molecule has 3 N–H and O–H groups in total. The van der Waals surface area contributed by atoms with Crippen molar-refractivity contribution < 1.29 is 5.11 Å². The van der Waals surface area contributed by atoms with Gasteiger partial charge in [0.1, 0.15) is 0 Å². The van der Waals surface area contributed by atoms with E-state index in [9.17, 15) is 0 Å². The van der Waals surface area contributed by atoms with E-state index in [-0.39, 0.29) is 12.6 Å². The normalized spacial score (nSPS) is 38.2. The SMILES string of the molecule is CC1NCNC1CO. The molecule has 2 unspecified atom stereocenters. The third-order valence-electron chi connectivity index (χ3n) is 1.59. The van der Waals surface area contributed by atoms with E-state index in [1.165, 1.54) is 0 Å². The van der Waals surface area contributed by atoms with E-state index >= 15 is 0 Å². The number of rotatable bonds is 1. The molecule has 1 aliphatic rings. The lowest BCUT2D eigenvalue weighted by Gasteiger charge is -2.09. The molecule has 1 heterocycles. The van der Waals surface area contributed by atoms with Gasteiger partial charge in [-0.15, -0.1) is 0 Å². The fraction of sp³-hybridized carbons (Fsp3) is 1.00. The summed E-state index contributed by atoms with van der Waals surface area (Å²) in [6, 6.07) is 0.676. The molecule has 0 aromatic rings. The van der Waals surface area contributed by atoms with Crippen LogP contribution in [0.2, 0.25) is 0 Å². The largest absolute Gasteiger partial charge is 0.395 e. The maximum atomic E-state index is 8.63. The minimum Gasteiger partial charge on any atom is -0.395 e. The Morgan fingerprint density at radius 1 is 1.62 bits per heavy atom. The molecule has 0 saturated carbocycles. The van der Waals surface area contributed by atoms with Crippen LogP contribution in [-0.4, -0.2) is 30.5 Å². The van der Waals surface area contributed by atoms with Gasteiger partial charge < -0.3 is 10.4 Å². The minimum absolute atomic E-state index is 0.230. The van der Waals surface area contributed by atoms with Crippen LogP contribution in [0.5, 0.6) is 0 Å². The molecule has 0 aliphatic carbocycles. The highest BCUT2D eigenvalue weighted by Crippen LogP contribution is 1.95. The van der Waals surface area contributed by atoms with Gasteiger partial charge in [-0.05, 0) is 6.92 Å². The summed E-state index contributed by atoms with van der Waals surface area (Å²) in [7, 11) is 0. The highest BCUT2D eigenvalue weighted by molar-refractivity contribution is 4.82. The smallest absolute Gasteiger partial charge is 0.0600 e. The van der Waals surface area contributed by atoms with Crippen molar-refractivity contribution in [2.75, 3.05) is 13.3 Å². The van der Waals surface area contributed by atoms with E-state index in [1.807, 2.05) is 0 Å². The maximum absolute atomic E-state index is 8.63. The molecule has 0 aromatic carbocycles. The Hall–Kier alpha value is -0.120. The van der Waals surface area contributed by atoms with Gasteiger partial charge in [0.25, 0.3) is 0 Å². The molecule has 1 aliphatic heterocycles. The molecule has 1 fully saturated rings. The van der Waals surface area contributed by atoms with Crippen LogP contribution in [0.4, 0.5) is 0 Å². The Bertz CT molecular complexity index is 76.8. The zero-order chi connectivity index (χ0) is 5.98. The maximum Gasteiger partial charge on any atom is 0.0600 e. The second-order valence-electron chi connectivity index (χ2n) is 2.16. The Labute approximate surface area is 49.1 Å². The molecule has 0 spiro atoms. The summed E-state index contributed by atoms with van der Waals surface area (Å²) < 4.78 is 0. The van der Waals surface area contributed by atoms with Gasteiger partial charge in [-0.1, -0.05) is 0 Å². The third kappa shape index (κ3) is 0.992. The lowest BCUT2D eigenvalue weighted by Crippen LogP contribution is -2.33. The van der Waals surface area contributed by atoms with Crippen LogP contribution in [0, 0.1) is 0 Å². The van der Waals surface area contributed by atoms with Crippen LogP contribution in [0.3, 0.4) is 0 Å². The Morgan fingerprint density at radius 3 is 2.62 bits per heavy atom. The van der Waals surface area contributed by atoms with Crippen LogP contribution in [0.15, 0.2) is 0 Å². The van der Waals surface area contributed by atoms with Gasteiger partial charge in [-0.3, -0.25) is 5.32 Å². The summed E-state index contributed by atoms with van der Waals surface area (Å²) in [6.45, 7) is 3.11. The number of hydrogen-bond donors (Lipinski definition) is 3. The van der Waals surface area contributed by atoms with Crippen LogP contribution in [0.25, 0.3) is 0 Å². The Balaban J connectivity index is 2.30. The first kappa shape index (κ1) is 6.01. The number of aliphatic hydroxyl groups is 1. The summed E-state index contributed by atoms with van der Waals surface area (Å²) in [5, 5.41) is 14.9. The molecule has 2 atom stereocenters. The van der Waals surface area contributed by atoms with E-state index in [4.69, 9.17) is 5.11 Å². The predicted octanol–water partition coefficient (Wildman–Crippen LogP) is -1.11. The van der Waals surface area contributed by atoms with Gasteiger partial charge in [0.2, 0.25) is 0 Å². The van der Waals surface area contributed by atoms with Crippen molar-refractivity contribution in [3.63, 3.8) is 0 Å². The highest BCUT2D eigenvalue weighted by Gasteiger charge is 2.19. The van der Waals surface area contributed by atoms with Gasteiger partial charge in [0.05, 0.1) is 6.61 Å². The predicted molar refractivity (Wildman–Crippen MR) is 31.5 cm³/mol. The molecule has 0 amide bonds. The number of hydrogen-bond acceptors (Lipinski definition) is 3. The van der Waals surface area contributed by atoms with Crippen LogP contribution >= 0.6 is 0 Å². The highest BCUT2D eigenvalue weighted by atomic mass is 16.3. The van der Waals surface area contributed by atoms with Crippen molar-refractivity contribution in [2.24, 2.45) is 0 Å². The van der Waals surface area contributed by atoms with Crippen molar-refractivity contribution in [2.45, 2.75) is 19.0 Å². The molecule has 1 saturated heterocycles. The van der Waals surface area contributed by atoms with Gasteiger partial charge in [0, 0.05) is 18.8 Å². The molecular weight excluding hydrogens is 104 g/mol. The van der Waals surface area contributed by atoms with Crippen molar-refractivity contribution in [1.82, 2.24) is 10.6 Å². The average molecular weight is 116 g/mol. The first-order valence-corrected chi connectivity index (χ1v) is 2.92. The zero-order valence-corrected chi connectivity index (χ0v) is 5.02. The summed E-state index contributed by atoms with van der Waals surface area (Å²) in [5.41, 5.74) is 0. The average Bonchev–Trinajstić information content (AvgIpc) is 2.14. The first-order valence-electron chi connectivity index (χ1n) is 2.92. The molecule has 3 heteroatoms. The molecular formula is C5H12N2O. The van der Waals surface area contributed by atoms with Crippen LogP contribution in [-0.2, 0) is 0 Å². The number of aliphatic hydroxyl groups excluding tert-OH is 1. The van der Waals surface area contributed by atoms with Crippen LogP contribution < -0.4 is 10.6 Å². The topological polar surface area (TPSA) is 44.3 Å². The first-order chi connectivity index (χ1) is 3.84. The van der Waals surface area contributed by atoms with Gasteiger partial charge in [-0.2, -0.15) is 0 Å². The Kier molecular flexibility index (Phi) is 1.83. The minimum atomic E-state index is 0.230. The summed E-state index contributed by atoms with van der Waals surface area (Å²) in [5.74, 6) is 0. The lowest BCUT2D eigenvalue weighted by molar-refractivity contribution is 0.246. The van der Waals surface area contributed by atoms with Crippen molar-refractivity contribution in [1.29, 1.82) is 0 Å². The van der Waals surface area contributed by atoms with E-state index in [2.05, 4.69) is 17.6 Å². The van der Waals surface area contributed by atoms with Gasteiger partial charge >= 0.3 is 0 Å². The lowest BCUT2D eigenvalue weighted by atomic mass is 10.2. The standard InChI is InChI=1S/C5H12N2O/c1-4-5(2-8)7-3-6-4/h4-8H,2-3H2,1H3. The Morgan fingerprint density at radius 2 is 2.38 bits per heavy atom. The fourth-order valence-electron chi connectivity index (χ4n) is 0.893. The molecule has 0 aromatic heterocycles. The van der Waals surface area contributed by atoms with Crippen molar-refractivity contribution in [3.8, 4) is 0 Å². The van der Waals surface area contributed by atoms with Gasteiger partial charge in [0.15, 0.2) is 0 Å². The summed E-state index contributed by atoms with van der Waals surface area (Å²) in [4.78, 5) is 0. The molecule has 8 heavy (non-hydrogen) atoms. The summed E-state index contributed by atoms with van der Waals surface area (Å²) >= 11 is 0. The van der Waals surface area contributed by atoms with E-state index < -0.39 is 0 Å². The fourth-order valence-corrected chi connectivity index (χ4v) is 0.893. The quantitative estimate of drug-likeness (QED) is 0.407. The monoisotopic (exact) mass is 116 g/mol. The summed E-state index contributed by atoms with van der Waals surface area (Å²) in [6.07, 6.45) is 0. The molecule has 3 nitrogen and oxygen atoms in total. The molecule has 0 bridgehead atoms. The zero-order valence-electron chi connectivity index (χ0n) is 5.02. The van der Waals surface area contributed by atoms with Crippen LogP contribution in [0.1, 0.15) is 6.92 Å².